The van der Waals surface area contributed by atoms with Crippen LogP contribution in [-0.4, -0.2) is 38.4 Å². The molecule has 0 aromatic heterocycles. The molecule has 0 amide bonds. The molecule has 0 saturated carbocycles. The number of rotatable bonds is 9. The van der Waals surface area contributed by atoms with Gasteiger partial charge in [-0.1, -0.05) is 13.3 Å². The summed E-state index contributed by atoms with van der Waals surface area (Å²) < 4.78 is 10.5. The average Bonchev–Trinajstić information content (AvgIpc) is 2.53. The molecule has 0 bridgehead atoms. The Kier molecular flexibility index (Phi) is 8.14. The maximum Gasteiger partial charge on any atom is 0.193 e. The van der Waals surface area contributed by atoms with Gasteiger partial charge in [0.15, 0.2) is 5.96 Å². The van der Waals surface area contributed by atoms with Crippen LogP contribution in [0.5, 0.6) is 11.5 Å². The zero-order valence-electron chi connectivity index (χ0n) is 13.6. The van der Waals surface area contributed by atoms with Crippen LogP contribution >= 0.6 is 0 Å². The molecule has 0 aliphatic rings. The highest BCUT2D eigenvalue weighted by Gasteiger charge is 2.08. The number of hydrogen-bond donors (Lipinski definition) is 3. The summed E-state index contributed by atoms with van der Waals surface area (Å²) in [7, 11) is 3.20. The number of nitrogens with zero attached hydrogens (tertiary/aromatic N) is 1. The summed E-state index contributed by atoms with van der Waals surface area (Å²) in [5, 5.41) is 12.1. The van der Waals surface area contributed by atoms with E-state index >= 15 is 0 Å². The van der Waals surface area contributed by atoms with Crippen molar-refractivity contribution in [1.82, 2.24) is 0 Å². The average molecular weight is 309 g/mol. The van der Waals surface area contributed by atoms with E-state index < -0.39 is 0 Å². The van der Waals surface area contributed by atoms with E-state index in [9.17, 15) is 0 Å². The first-order valence-electron chi connectivity index (χ1n) is 7.54. The number of anilines is 1. The fraction of sp³-hybridized carbons (Fsp3) is 0.562. The summed E-state index contributed by atoms with van der Waals surface area (Å²) in [6.07, 6.45) is 2.84. The van der Waals surface area contributed by atoms with Gasteiger partial charge in [0.1, 0.15) is 11.5 Å². The zero-order valence-corrected chi connectivity index (χ0v) is 13.6. The van der Waals surface area contributed by atoms with Gasteiger partial charge in [0.05, 0.1) is 19.9 Å². The number of guanidine groups is 1. The van der Waals surface area contributed by atoms with E-state index in [1.807, 2.05) is 6.07 Å². The predicted molar refractivity (Wildman–Crippen MR) is 89.8 cm³/mol. The number of benzene rings is 1. The highest BCUT2D eigenvalue weighted by Crippen LogP contribution is 2.28. The maximum atomic E-state index is 9.06. The van der Waals surface area contributed by atoms with Crippen LogP contribution in [0, 0.1) is 5.92 Å². The number of ether oxygens (including phenoxy) is 2. The van der Waals surface area contributed by atoms with Crippen molar-refractivity contribution >= 4 is 11.6 Å². The van der Waals surface area contributed by atoms with Gasteiger partial charge in [-0.2, -0.15) is 0 Å². The van der Waals surface area contributed by atoms with E-state index in [1.54, 1.807) is 26.4 Å². The Balaban J connectivity index is 2.73. The highest BCUT2D eigenvalue weighted by molar-refractivity contribution is 5.94. The van der Waals surface area contributed by atoms with Gasteiger partial charge in [0, 0.05) is 19.2 Å². The summed E-state index contributed by atoms with van der Waals surface area (Å²) in [4.78, 5) is 4.36. The van der Waals surface area contributed by atoms with E-state index in [-0.39, 0.29) is 6.61 Å². The van der Waals surface area contributed by atoms with Crippen LogP contribution in [0.25, 0.3) is 0 Å². The molecule has 4 N–H and O–H groups in total. The monoisotopic (exact) mass is 309 g/mol. The van der Waals surface area contributed by atoms with Crippen molar-refractivity contribution < 1.29 is 14.6 Å². The molecule has 22 heavy (non-hydrogen) atoms. The van der Waals surface area contributed by atoms with E-state index in [1.165, 1.54) is 0 Å². The lowest BCUT2D eigenvalue weighted by atomic mass is 10.0. The lowest BCUT2D eigenvalue weighted by Gasteiger charge is -2.14. The molecule has 6 nitrogen and oxygen atoms in total. The highest BCUT2D eigenvalue weighted by atomic mass is 16.5. The summed E-state index contributed by atoms with van der Waals surface area (Å²) in [6.45, 7) is 2.90. The smallest absolute Gasteiger partial charge is 0.193 e. The Morgan fingerprint density at radius 2 is 2.09 bits per heavy atom. The molecule has 0 fully saturated rings. The third-order valence-electron chi connectivity index (χ3n) is 3.42. The molecule has 0 heterocycles. The Morgan fingerprint density at radius 3 is 2.68 bits per heavy atom. The molecular weight excluding hydrogens is 282 g/mol. The van der Waals surface area contributed by atoms with Crippen LogP contribution in [-0.2, 0) is 0 Å². The van der Waals surface area contributed by atoms with Crippen molar-refractivity contribution in [2.75, 3.05) is 32.7 Å². The molecule has 124 valence electrons. The predicted octanol–water partition coefficient (Wildman–Crippen LogP) is 2.23. The lowest BCUT2D eigenvalue weighted by Crippen LogP contribution is -2.24. The first-order valence-corrected chi connectivity index (χ1v) is 7.54. The van der Waals surface area contributed by atoms with Gasteiger partial charge in [0.25, 0.3) is 0 Å². The van der Waals surface area contributed by atoms with Gasteiger partial charge in [-0.25, -0.2) is 0 Å². The summed E-state index contributed by atoms with van der Waals surface area (Å²) in [5.41, 5.74) is 6.65. The second-order valence-electron chi connectivity index (χ2n) is 5.08. The minimum absolute atomic E-state index is 0.178. The molecule has 1 aromatic carbocycles. The molecular formula is C16H27N3O3. The minimum atomic E-state index is 0.178. The van der Waals surface area contributed by atoms with Gasteiger partial charge in [-0.3, -0.25) is 4.99 Å². The van der Waals surface area contributed by atoms with Crippen molar-refractivity contribution in [3.8, 4) is 11.5 Å². The molecule has 1 unspecified atom stereocenters. The van der Waals surface area contributed by atoms with Gasteiger partial charge < -0.3 is 25.6 Å². The number of aliphatic hydroxyl groups is 1. The van der Waals surface area contributed by atoms with Crippen LogP contribution in [0.3, 0.4) is 0 Å². The van der Waals surface area contributed by atoms with Crippen molar-refractivity contribution in [3.05, 3.63) is 18.2 Å². The van der Waals surface area contributed by atoms with Crippen molar-refractivity contribution in [3.63, 3.8) is 0 Å². The first kappa shape index (κ1) is 18.1. The third-order valence-corrected chi connectivity index (χ3v) is 3.42. The molecule has 6 heteroatoms. The number of hydrogen-bond acceptors (Lipinski definition) is 4. The van der Waals surface area contributed by atoms with E-state index in [2.05, 4.69) is 17.2 Å². The topological polar surface area (TPSA) is 89.1 Å². The molecule has 1 aromatic rings. The Labute approximate surface area is 132 Å². The van der Waals surface area contributed by atoms with Gasteiger partial charge in [-0.15, -0.1) is 0 Å². The second kappa shape index (κ2) is 9.89. The van der Waals surface area contributed by atoms with E-state index in [0.717, 1.165) is 19.3 Å². The maximum absolute atomic E-state index is 9.06. The molecule has 1 atom stereocenters. The number of aliphatic hydroxyl groups excluding tert-OH is 1. The molecule has 0 saturated heterocycles. The number of nitrogens with one attached hydrogen (secondary N) is 1. The van der Waals surface area contributed by atoms with Crippen LogP contribution in [0.4, 0.5) is 5.69 Å². The zero-order chi connectivity index (χ0) is 16.4. The summed E-state index contributed by atoms with van der Waals surface area (Å²) in [6, 6.07) is 5.43. The molecule has 0 radical (unpaired) electrons. The van der Waals surface area contributed by atoms with Gasteiger partial charge in [0.2, 0.25) is 0 Å². The number of methoxy groups -OCH3 is 2. The fourth-order valence-corrected chi connectivity index (χ4v) is 2.23. The van der Waals surface area contributed by atoms with E-state index in [0.29, 0.717) is 35.6 Å². The van der Waals surface area contributed by atoms with Crippen LogP contribution in [0.2, 0.25) is 0 Å². The van der Waals surface area contributed by atoms with Crippen molar-refractivity contribution in [1.29, 1.82) is 0 Å². The fourth-order valence-electron chi connectivity index (χ4n) is 2.23. The SMILES string of the molecule is CCCC(CCO)CN=C(N)Nc1cc(OC)ccc1OC. The molecule has 0 spiro atoms. The third kappa shape index (κ3) is 5.81. The van der Waals surface area contributed by atoms with Gasteiger partial charge >= 0.3 is 0 Å². The largest absolute Gasteiger partial charge is 0.497 e. The van der Waals surface area contributed by atoms with Crippen LogP contribution in [0.15, 0.2) is 23.2 Å². The van der Waals surface area contributed by atoms with Crippen molar-refractivity contribution in [2.24, 2.45) is 16.6 Å². The van der Waals surface area contributed by atoms with Gasteiger partial charge in [-0.05, 0) is 30.9 Å². The molecule has 0 aliphatic carbocycles. The summed E-state index contributed by atoms with van der Waals surface area (Å²) in [5.74, 6) is 2.05. The minimum Gasteiger partial charge on any atom is -0.497 e. The number of aliphatic imine (C=N–C) groups is 1. The van der Waals surface area contributed by atoms with E-state index in [4.69, 9.17) is 20.3 Å². The Morgan fingerprint density at radius 1 is 1.32 bits per heavy atom. The quantitative estimate of drug-likeness (QED) is 0.481. The lowest BCUT2D eigenvalue weighted by molar-refractivity contribution is 0.253. The first-order chi connectivity index (χ1) is 10.6. The van der Waals surface area contributed by atoms with Crippen LogP contribution in [0.1, 0.15) is 26.2 Å². The number of nitrogens with two attached hydrogens (primary N) is 1. The molecule has 1 rings (SSSR count). The molecule has 0 aliphatic heterocycles. The normalized spacial score (nSPS) is 12.8. The Hall–Kier alpha value is -1.95. The Bertz CT molecular complexity index is 472. The summed E-state index contributed by atoms with van der Waals surface area (Å²) >= 11 is 0. The van der Waals surface area contributed by atoms with Crippen LogP contribution < -0.4 is 20.5 Å². The second-order valence-corrected chi connectivity index (χ2v) is 5.08. The standard InChI is InChI=1S/C16H27N3O3/c1-4-5-12(8-9-20)11-18-16(17)19-14-10-13(21-2)6-7-15(14)22-3/h6-7,10,12,20H,4-5,8-9,11H2,1-3H3,(H3,17,18,19). The van der Waals surface area contributed by atoms with Crippen molar-refractivity contribution in [2.45, 2.75) is 26.2 Å².